The van der Waals surface area contributed by atoms with Gasteiger partial charge in [-0.3, -0.25) is 4.79 Å². The normalized spacial score (nSPS) is 17.1. The minimum atomic E-state index is -0.587. The Bertz CT molecular complexity index is 849. The van der Waals surface area contributed by atoms with Gasteiger partial charge in [-0.2, -0.15) is 0 Å². The summed E-state index contributed by atoms with van der Waals surface area (Å²) in [5.74, 6) is 1.12. The number of allylic oxidation sites excluding steroid dienone is 1. The Kier molecular flexibility index (Phi) is 6.94. The molecule has 1 aliphatic heterocycles. The maximum atomic E-state index is 13.3. The molecule has 154 valence electrons. The van der Waals surface area contributed by atoms with Crippen LogP contribution in [0.4, 0.5) is 0 Å². The molecule has 2 aromatic carbocycles. The summed E-state index contributed by atoms with van der Waals surface area (Å²) in [7, 11) is 3.16. The Balaban J connectivity index is 1.83. The molecule has 1 fully saturated rings. The number of rotatable bonds is 8. The highest BCUT2D eigenvalue weighted by atomic mass is 16.5. The predicted octanol–water partition coefficient (Wildman–Crippen LogP) is 4.16. The number of methoxy groups -OCH3 is 2. The number of ether oxygens (including phenoxy) is 2. The topological polar surface area (TPSA) is 59.0 Å². The molecular weight excluding hydrogens is 366 g/mol. The molecular formula is C24H29NO4. The van der Waals surface area contributed by atoms with Crippen molar-refractivity contribution >= 4 is 5.91 Å². The molecule has 3 rings (SSSR count). The minimum absolute atomic E-state index is 0.00802. The molecule has 1 saturated heterocycles. The van der Waals surface area contributed by atoms with Crippen molar-refractivity contribution in [3.05, 3.63) is 71.8 Å². The van der Waals surface area contributed by atoms with E-state index >= 15 is 0 Å². The Morgan fingerprint density at radius 1 is 1.28 bits per heavy atom. The van der Waals surface area contributed by atoms with E-state index in [0.29, 0.717) is 36.4 Å². The van der Waals surface area contributed by atoms with E-state index in [2.05, 4.69) is 6.58 Å². The molecule has 1 amide bonds. The van der Waals surface area contributed by atoms with E-state index in [1.807, 2.05) is 41.3 Å². The molecule has 0 aliphatic carbocycles. The molecule has 0 aromatic heterocycles. The van der Waals surface area contributed by atoms with Crippen LogP contribution < -0.4 is 9.47 Å². The average Bonchev–Trinajstić information content (AvgIpc) is 3.21. The zero-order valence-electron chi connectivity index (χ0n) is 17.1. The largest absolute Gasteiger partial charge is 0.493 e. The summed E-state index contributed by atoms with van der Waals surface area (Å²) in [5.41, 5.74) is 2.32. The Morgan fingerprint density at radius 2 is 2.03 bits per heavy atom. The minimum Gasteiger partial charge on any atom is -0.493 e. The van der Waals surface area contributed by atoms with E-state index in [1.165, 1.54) is 0 Å². The first-order chi connectivity index (χ1) is 14.1. The van der Waals surface area contributed by atoms with E-state index < -0.39 is 6.10 Å². The number of amides is 1. The van der Waals surface area contributed by atoms with Crippen molar-refractivity contribution in [1.82, 2.24) is 4.90 Å². The number of aliphatic hydroxyl groups is 1. The molecule has 0 unspecified atom stereocenters. The van der Waals surface area contributed by atoms with Crippen LogP contribution in [0.3, 0.4) is 0 Å². The van der Waals surface area contributed by atoms with Gasteiger partial charge >= 0.3 is 0 Å². The van der Waals surface area contributed by atoms with Gasteiger partial charge in [0.2, 0.25) is 0 Å². The summed E-state index contributed by atoms with van der Waals surface area (Å²) in [6.45, 7) is 4.48. The molecule has 0 spiro atoms. The molecule has 0 saturated carbocycles. The fourth-order valence-electron chi connectivity index (χ4n) is 4.06. The van der Waals surface area contributed by atoms with Gasteiger partial charge in [0.25, 0.3) is 5.91 Å². The summed E-state index contributed by atoms with van der Waals surface area (Å²) in [6.07, 6.45) is 4.13. The van der Waals surface area contributed by atoms with Crippen molar-refractivity contribution in [2.24, 2.45) is 0 Å². The molecule has 1 heterocycles. The van der Waals surface area contributed by atoms with Crippen LogP contribution in [0.25, 0.3) is 0 Å². The van der Waals surface area contributed by atoms with Crippen LogP contribution in [-0.4, -0.2) is 42.7 Å². The van der Waals surface area contributed by atoms with Gasteiger partial charge in [-0.25, -0.2) is 0 Å². The van der Waals surface area contributed by atoms with Crippen LogP contribution in [0, 0.1) is 0 Å². The molecule has 1 N–H and O–H groups in total. The number of hydrogen-bond donors (Lipinski definition) is 1. The summed E-state index contributed by atoms with van der Waals surface area (Å²) >= 11 is 0. The predicted molar refractivity (Wildman–Crippen MR) is 114 cm³/mol. The number of benzene rings is 2. The number of carbonyl (C=O) groups is 1. The third-order valence-electron chi connectivity index (χ3n) is 5.48. The highest BCUT2D eigenvalue weighted by Crippen LogP contribution is 2.35. The molecule has 1 aliphatic rings. The summed E-state index contributed by atoms with van der Waals surface area (Å²) in [5, 5.41) is 10.6. The van der Waals surface area contributed by atoms with Crippen LogP contribution in [-0.2, 0) is 6.42 Å². The second-order valence-electron chi connectivity index (χ2n) is 7.32. The maximum Gasteiger partial charge on any atom is 0.254 e. The smallest absolute Gasteiger partial charge is 0.254 e. The summed E-state index contributed by atoms with van der Waals surface area (Å²) < 4.78 is 10.9. The first-order valence-electron chi connectivity index (χ1n) is 9.98. The first-order valence-corrected chi connectivity index (χ1v) is 9.98. The molecule has 0 bridgehead atoms. The van der Waals surface area contributed by atoms with Crippen molar-refractivity contribution in [1.29, 1.82) is 0 Å². The van der Waals surface area contributed by atoms with Crippen LogP contribution in [0.15, 0.2) is 55.1 Å². The number of likely N-dealkylation sites (tertiary alicyclic amines) is 1. The zero-order chi connectivity index (χ0) is 20.8. The lowest BCUT2D eigenvalue weighted by atomic mass is 9.99. The van der Waals surface area contributed by atoms with E-state index in [0.717, 1.165) is 24.0 Å². The zero-order valence-corrected chi connectivity index (χ0v) is 17.1. The van der Waals surface area contributed by atoms with E-state index in [-0.39, 0.29) is 11.9 Å². The van der Waals surface area contributed by atoms with Gasteiger partial charge in [-0.05, 0) is 43.4 Å². The second kappa shape index (κ2) is 9.61. The lowest BCUT2D eigenvalue weighted by Gasteiger charge is -2.27. The SMILES string of the molecule is C=CCc1cc(C(=O)N2CCC[C@H]2C[C@H](O)c2ccccc2)cc(OC)c1OC. The van der Waals surface area contributed by atoms with Gasteiger partial charge in [-0.15, -0.1) is 6.58 Å². The Morgan fingerprint density at radius 3 is 2.69 bits per heavy atom. The fraction of sp³-hybridized carbons (Fsp3) is 0.375. The van der Waals surface area contributed by atoms with Gasteiger partial charge in [-0.1, -0.05) is 36.4 Å². The van der Waals surface area contributed by atoms with Gasteiger partial charge in [0.1, 0.15) is 0 Å². The maximum absolute atomic E-state index is 13.3. The number of hydrogen-bond acceptors (Lipinski definition) is 4. The summed E-state index contributed by atoms with van der Waals surface area (Å²) in [6, 6.07) is 13.2. The third kappa shape index (κ3) is 4.62. The van der Waals surface area contributed by atoms with Crippen molar-refractivity contribution in [2.45, 2.75) is 37.8 Å². The molecule has 5 heteroatoms. The van der Waals surface area contributed by atoms with Crippen molar-refractivity contribution in [3.63, 3.8) is 0 Å². The number of aliphatic hydroxyl groups excluding tert-OH is 1. The van der Waals surface area contributed by atoms with E-state index in [9.17, 15) is 9.90 Å². The van der Waals surface area contributed by atoms with Gasteiger partial charge in [0, 0.05) is 23.7 Å². The van der Waals surface area contributed by atoms with Gasteiger partial charge < -0.3 is 19.5 Å². The van der Waals surface area contributed by atoms with Crippen molar-refractivity contribution < 1.29 is 19.4 Å². The third-order valence-corrected chi connectivity index (χ3v) is 5.48. The average molecular weight is 395 g/mol. The molecule has 5 nitrogen and oxygen atoms in total. The molecule has 29 heavy (non-hydrogen) atoms. The number of nitrogens with zero attached hydrogens (tertiary/aromatic N) is 1. The Hall–Kier alpha value is -2.79. The Labute approximate surface area is 172 Å². The van der Waals surface area contributed by atoms with Crippen LogP contribution >= 0.6 is 0 Å². The molecule has 2 aromatic rings. The van der Waals surface area contributed by atoms with E-state index in [4.69, 9.17) is 9.47 Å². The van der Waals surface area contributed by atoms with Crippen molar-refractivity contribution in [2.75, 3.05) is 20.8 Å². The van der Waals surface area contributed by atoms with Crippen LogP contribution in [0.5, 0.6) is 11.5 Å². The lowest BCUT2D eigenvalue weighted by Crippen LogP contribution is -2.36. The van der Waals surface area contributed by atoms with Gasteiger partial charge in [0.15, 0.2) is 11.5 Å². The standard InChI is InChI=1S/C24H29NO4/c1-4-9-18-14-19(15-22(28-2)23(18)29-3)24(27)25-13-8-12-20(25)16-21(26)17-10-6-5-7-11-17/h4-7,10-11,14-15,20-21,26H,1,8-9,12-13,16H2,2-3H3/t20-,21-/m0/s1. The fourth-order valence-corrected chi connectivity index (χ4v) is 4.06. The van der Waals surface area contributed by atoms with Crippen LogP contribution in [0.2, 0.25) is 0 Å². The van der Waals surface area contributed by atoms with Gasteiger partial charge in [0.05, 0.1) is 20.3 Å². The first kappa shape index (κ1) is 20.9. The highest BCUT2D eigenvalue weighted by Gasteiger charge is 2.32. The molecule has 2 atom stereocenters. The molecule has 0 radical (unpaired) electrons. The highest BCUT2D eigenvalue weighted by molar-refractivity contribution is 5.95. The lowest BCUT2D eigenvalue weighted by molar-refractivity contribution is 0.0666. The van der Waals surface area contributed by atoms with E-state index in [1.54, 1.807) is 26.4 Å². The van der Waals surface area contributed by atoms with Crippen LogP contribution in [0.1, 0.15) is 46.9 Å². The second-order valence-corrected chi connectivity index (χ2v) is 7.32. The summed E-state index contributed by atoms with van der Waals surface area (Å²) in [4.78, 5) is 15.2. The monoisotopic (exact) mass is 395 g/mol. The quantitative estimate of drug-likeness (QED) is 0.682. The number of carbonyl (C=O) groups excluding carboxylic acids is 1. The van der Waals surface area contributed by atoms with Crippen molar-refractivity contribution in [3.8, 4) is 11.5 Å².